The predicted molar refractivity (Wildman–Crippen MR) is 60.3 cm³/mol. The lowest BCUT2D eigenvalue weighted by Crippen LogP contribution is -2.08. The van der Waals surface area contributed by atoms with E-state index in [9.17, 15) is 4.79 Å². The Morgan fingerprint density at radius 3 is 2.88 bits per heavy atom. The SMILES string of the molecule is O=C(O)Cn1cc(-c2ccccc2Cl)cn1. The first kappa shape index (κ1) is 10.7. The third kappa shape index (κ3) is 2.23. The molecule has 1 aromatic heterocycles. The van der Waals surface area contributed by atoms with Crippen molar-refractivity contribution < 1.29 is 9.90 Å². The average molecular weight is 237 g/mol. The first-order valence-electron chi connectivity index (χ1n) is 4.66. The molecule has 82 valence electrons. The smallest absolute Gasteiger partial charge is 0.325 e. The van der Waals surface area contributed by atoms with Crippen molar-refractivity contribution in [2.24, 2.45) is 0 Å². The van der Waals surface area contributed by atoms with Gasteiger partial charge in [0.25, 0.3) is 0 Å². The Morgan fingerprint density at radius 1 is 1.44 bits per heavy atom. The minimum Gasteiger partial charge on any atom is -0.480 e. The quantitative estimate of drug-likeness (QED) is 0.890. The molecule has 4 nitrogen and oxygen atoms in total. The molecule has 1 aromatic carbocycles. The molecule has 0 atom stereocenters. The molecule has 0 aliphatic rings. The number of nitrogens with zero attached hydrogens (tertiary/aromatic N) is 2. The van der Waals surface area contributed by atoms with Gasteiger partial charge in [0.15, 0.2) is 0 Å². The van der Waals surface area contributed by atoms with Crippen LogP contribution in [0.4, 0.5) is 0 Å². The van der Waals surface area contributed by atoms with Crippen molar-refractivity contribution in [2.75, 3.05) is 0 Å². The zero-order chi connectivity index (χ0) is 11.5. The molecular weight excluding hydrogens is 228 g/mol. The molecule has 0 bridgehead atoms. The lowest BCUT2D eigenvalue weighted by molar-refractivity contribution is -0.137. The van der Waals surface area contributed by atoms with Gasteiger partial charge in [-0.3, -0.25) is 9.48 Å². The van der Waals surface area contributed by atoms with Gasteiger partial charge in [-0.05, 0) is 6.07 Å². The van der Waals surface area contributed by atoms with Crippen molar-refractivity contribution in [1.29, 1.82) is 0 Å². The van der Waals surface area contributed by atoms with E-state index in [0.717, 1.165) is 11.1 Å². The van der Waals surface area contributed by atoms with Crippen LogP contribution in [0.15, 0.2) is 36.7 Å². The molecule has 0 amide bonds. The normalized spacial score (nSPS) is 10.3. The van der Waals surface area contributed by atoms with Gasteiger partial charge >= 0.3 is 5.97 Å². The molecule has 0 saturated carbocycles. The standard InChI is InChI=1S/C11H9ClN2O2/c12-10-4-2-1-3-9(10)8-5-13-14(6-8)7-11(15)16/h1-6H,7H2,(H,15,16). The molecule has 2 rings (SSSR count). The van der Waals surface area contributed by atoms with E-state index >= 15 is 0 Å². The number of benzene rings is 1. The van der Waals surface area contributed by atoms with Crippen LogP contribution >= 0.6 is 11.6 Å². The van der Waals surface area contributed by atoms with E-state index in [1.807, 2.05) is 18.2 Å². The summed E-state index contributed by atoms with van der Waals surface area (Å²) in [7, 11) is 0. The first-order chi connectivity index (χ1) is 7.66. The van der Waals surface area contributed by atoms with Crippen LogP contribution in [-0.2, 0) is 11.3 Å². The van der Waals surface area contributed by atoms with E-state index in [4.69, 9.17) is 16.7 Å². The van der Waals surface area contributed by atoms with E-state index < -0.39 is 5.97 Å². The Labute approximate surface area is 97.1 Å². The van der Waals surface area contributed by atoms with Crippen molar-refractivity contribution in [3.05, 3.63) is 41.7 Å². The molecule has 0 unspecified atom stereocenters. The fraction of sp³-hybridized carbons (Fsp3) is 0.0909. The first-order valence-corrected chi connectivity index (χ1v) is 5.04. The fourth-order valence-electron chi connectivity index (χ4n) is 1.42. The van der Waals surface area contributed by atoms with Gasteiger partial charge in [0.05, 0.1) is 6.20 Å². The predicted octanol–water partition coefficient (Wildman–Crippen LogP) is 2.29. The number of hydrogen-bond acceptors (Lipinski definition) is 2. The summed E-state index contributed by atoms with van der Waals surface area (Å²) in [4.78, 5) is 10.5. The van der Waals surface area contributed by atoms with Crippen molar-refractivity contribution in [3.63, 3.8) is 0 Å². The minimum atomic E-state index is -0.922. The molecule has 0 spiro atoms. The van der Waals surface area contributed by atoms with Crippen LogP contribution < -0.4 is 0 Å². The van der Waals surface area contributed by atoms with Gasteiger partial charge in [0, 0.05) is 22.3 Å². The molecule has 5 heteroatoms. The van der Waals surface area contributed by atoms with Crippen LogP contribution in [0.25, 0.3) is 11.1 Å². The minimum absolute atomic E-state index is 0.148. The molecule has 0 fully saturated rings. The second kappa shape index (κ2) is 4.37. The maximum atomic E-state index is 10.5. The second-order valence-corrected chi connectivity index (χ2v) is 3.71. The van der Waals surface area contributed by atoms with Gasteiger partial charge in [-0.2, -0.15) is 5.10 Å². The largest absolute Gasteiger partial charge is 0.480 e. The Hall–Kier alpha value is -1.81. The third-order valence-electron chi connectivity index (χ3n) is 2.12. The highest BCUT2D eigenvalue weighted by molar-refractivity contribution is 6.33. The maximum Gasteiger partial charge on any atom is 0.325 e. The van der Waals surface area contributed by atoms with Crippen molar-refractivity contribution in [1.82, 2.24) is 9.78 Å². The third-order valence-corrected chi connectivity index (χ3v) is 2.44. The average Bonchev–Trinajstić information content (AvgIpc) is 2.66. The number of carbonyl (C=O) groups is 1. The van der Waals surface area contributed by atoms with E-state index in [1.165, 1.54) is 4.68 Å². The summed E-state index contributed by atoms with van der Waals surface area (Å²) in [6.45, 7) is -0.148. The number of hydrogen-bond donors (Lipinski definition) is 1. The van der Waals surface area contributed by atoms with Gasteiger partial charge < -0.3 is 5.11 Å². The molecule has 1 heterocycles. The van der Waals surface area contributed by atoms with Crippen LogP contribution in [0, 0.1) is 0 Å². The highest BCUT2D eigenvalue weighted by atomic mass is 35.5. The molecule has 1 N–H and O–H groups in total. The monoisotopic (exact) mass is 236 g/mol. The number of aliphatic carboxylic acids is 1. The van der Waals surface area contributed by atoms with Gasteiger partial charge in [0.2, 0.25) is 0 Å². The van der Waals surface area contributed by atoms with Gasteiger partial charge in [-0.25, -0.2) is 0 Å². The number of aromatic nitrogens is 2. The van der Waals surface area contributed by atoms with Crippen molar-refractivity contribution in [3.8, 4) is 11.1 Å². The van der Waals surface area contributed by atoms with E-state index in [1.54, 1.807) is 18.5 Å². The van der Waals surface area contributed by atoms with E-state index in [2.05, 4.69) is 5.10 Å². The lowest BCUT2D eigenvalue weighted by Gasteiger charge is -1.99. The zero-order valence-corrected chi connectivity index (χ0v) is 9.05. The lowest BCUT2D eigenvalue weighted by atomic mass is 10.1. The Bertz CT molecular complexity index is 522. The van der Waals surface area contributed by atoms with Gasteiger partial charge in [-0.1, -0.05) is 29.8 Å². The van der Waals surface area contributed by atoms with Crippen LogP contribution in [0.3, 0.4) is 0 Å². The van der Waals surface area contributed by atoms with E-state index in [-0.39, 0.29) is 6.54 Å². The summed E-state index contributed by atoms with van der Waals surface area (Å²) < 4.78 is 1.36. The topological polar surface area (TPSA) is 55.1 Å². The van der Waals surface area contributed by atoms with Gasteiger partial charge in [0.1, 0.15) is 6.54 Å². The highest BCUT2D eigenvalue weighted by Crippen LogP contribution is 2.26. The molecule has 16 heavy (non-hydrogen) atoms. The second-order valence-electron chi connectivity index (χ2n) is 3.30. The number of carboxylic acid groups (broad SMARTS) is 1. The van der Waals surface area contributed by atoms with Gasteiger partial charge in [-0.15, -0.1) is 0 Å². The molecular formula is C11H9ClN2O2. The summed E-state index contributed by atoms with van der Waals surface area (Å²) >= 11 is 6.02. The Kier molecular flexibility index (Phi) is 2.92. The molecule has 0 saturated heterocycles. The summed E-state index contributed by atoms with van der Waals surface area (Å²) in [6, 6.07) is 7.36. The summed E-state index contributed by atoms with van der Waals surface area (Å²) in [5, 5.41) is 13.2. The van der Waals surface area contributed by atoms with Crippen LogP contribution in [0.5, 0.6) is 0 Å². The summed E-state index contributed by atoms with van der Waals surface area (Å²) in [6.07, 6.45) is 3.26. The Balaban J connectivity index is 2.32. The zero-order valence-electron chi connectivity index (χ0n) is 8.30. The Morgan fingerprint density at radius 2 is 2.19 bits per heavy atom. The van der Waals surface area contributed by atoms with Crippen molar-refractivity contribution >= 4 is 17.6 Å². The molecule has 0 aliphatic carbocycles. The summed E-state index contributed by atoms with van der Waals surface area (Å²) in [5.74, 6) is -0.922. The maximum absolute atomic E-state index is 10.5. The van der Waals surface area contributed by atoms with Crippen LogP contribution in [0.1, 0.15) is 0 Å². The molecule has 2 aromatic rings. The molecule has 0 aliphatic heterocycles. The number of halogens is 1. The van der Waals surface area contributed by atoms with Crippen molar-refractivity contribution in [2.45, 2.75) is 6.54 Å². The number of rotatable bonds is 3. The van der Waals surface area contributed by atoms with E-state index in [0.29, 0.717) is 5.02 Å². The van der Waals surface area contributed by atoms with Crippen LogP contribution in [0.2, 0.25) is 5.02 Å². The summed E-state index contributed by atoms with van der Waals surface area (Å²) in [5.41, 5.74) is 1.66. The number of carboxylic acids is 1. The molecule has 0 radical (unpaired) electrons. The fourth-order valence-corrected chi connectivity index (χ4v) is 1.67. The highest BCUT2D eigenvalue weighted by Gasteiger charge is 2.06. The van der Waals surface area contributed by atoms with Crippen LogP contribution in [-0.4, -0.2) is 20.9 Å².